The Labute approximate surface area is 114 Å². The SMILES string of the molecule is CN(C)c1nn(-c2ccc(Br)cc2)c(N)c1C#N. The lowest BCUT2D eigenvalue weighted by Crippen LogP contribution is -2.11. The van der Waals surface area contributed by atoms with Crippen molar-refractivity contribution < 1.29 is 0 Å². The van der Waals surface area contributed by atoms with Crippen LogP contribution in [0.4, 0.5) is 11.6 Å². The third kappa shape index (κ3) is 2.05. The molecule has 0 saturated carbocycles. The van der Waals surface area contributed by atoms with Gasteiger partial charge in [-0.05, 0) is 24.3 Å². The van der Waals surface area contributed by atoms with Gasteiger partial charge in [0, 0.05) is 18.6 Å². The van der Waals surface area contributed by atoms with Crippen molar-refractivity contribution in [2.24, 2.45) is 0 Å². The summed E-state index contributed by atoms with van der Waals surface area (Å²) < 4.78 is 2.55. The van der Waals surface area contributed by atoms with Crippen LogP contribution >= 0.6 is 15.9 Å². The van der Waals surface area contributed by atoms with Gasteiger partial charge >= 0.3 is 0 Å². The van der Waals surface area contributed by atoms with Gasteiger partial charge in [0.05, 0.1) is 5.69 Å². The van der Waals surface area contributed by atoms with E-state index < -0.39 is 0 Å². The first-order chi connectivity index (χ1) is 8.54. The van der Waals surface area contributed by atoms with Crippen LogP contribution in [0.3, 0.4) is 0 Å². The Kier molecular flexibility index (Phi) is 3.26. The van der Waals surface area contributed by atoms with Crippen LogP contribution in [-0.4, -0.2) is 23.9 Å². The number of anilines is 2. The molecule has 5 nitrogen and oxygen atoms in total. The average molecular weight is 306 g/mol. The lowest BCUT2D eigenvalue weighted by atomic mass is 10.3. The predicted molar refractivity (Wildman–Crippen MR) is 74.7 cm³/mol. The standard InChI is InChI=1S/C12H12BrN5/c1-17(2)12-10(7-14)11(15)18(16-12)9-5-3-8(13)4-6-9/h3-6H,15H2,1-2H3. The fourth-order valence-electron chi connectivity index (χ4n) is 1.62. The van der Waals surface area contributed by atoms with Gasteiger partial charge in [-0.1, -0.05) is 15.9 Å². The molecule has 0 fully saturated rings. The number of halogens is 1. The molecule has 2 N–H and O–H groups in total. The molecule has 18 heavy (non-hydrogen) atoms. The molecule has 0 bridgehead atoms. The molecule has 1 heterocycles. The van der Waals surface area contributed by atoms with Crippen LogP contribution in [0.2, 0.25) is 0 Å². The molecule has 2 aromatic rings. The van der Waals surface area contributed by atoms with Crippen LogP contribution in [0.5, 0.6) is 0 Å². The Bertz CT molecular complexity index is 607. The second kappa shape index (κ2) is 4.70. The molecule has 0 aliphatic heterocycles. The molecule has 0 saturated heterocycles. The van der Waals surface area contributed by atoms with Crippen molar-refractivity contribution in [2.75, 3.05) is 24.7 Å². The normalized spacial score (nSPS) is 10.1. The van der Waals surface area contributed by atoms with Crippen LogP contribution < -0.4 is 10.6 Å². The first kappa shape index (κ1) is 12.5. The summed E-state index contributed by atoms with van der Waals surface area (Å²) in [6, 6.07) is 9.65. The van der Waals surface area contributed by atoms with Crippen molar-refractivity contribution in [2.45, 2.75) is 0 Å². The summed E-state index contributed by atoms with van der Waals surface area (Å²) in [5, 5.41) is 13.5. The molecular formula is C12H12BrN5. The molecular weight excluding hydrogens is 294 g/mol. The summed E-state index contributed by atoms with van der Waals surface area (Å²) in [5.74, 6) is 0.918. The minimum Gasteiger partial charge on any atom is -0.382 e. The summed E-state index contributed by atoms with van der Waals surface area (Å²) in [6.07, 6.45) is 0. The molecule has 0 amide bonds. The molecule has 92 valence electrons. The Morgan fingerprint density at radius 1 is 1.33 bits per heavy atom. The van der Waals surface area contributed by atoms with Crippen LogP contribution in [0.1, 0.15) is 5.56 Å². The number of hydrogen-bond donors (Lipinski definition) is 1. The van der Waals surface area contributed by atoms with Gasteiger partial charge < -0.3 is 10.6 Å². The topological polar surface area (TPSA) is 70.9 Å². The van der Waals surface area contributed by atoms with E-state index in [4.69, 9.17) is 11.0 Å². The zero-order chi connectivity index (χ0) is 13.3. The predicted octanol–water partition coefficient (Wildman–Crippen LogP) is 2.15. The second-order valence-corrected chi connectivity index (χ2v) is 4.89. The van der Waals surface area contributed by atoms with E-state index in [0.717, 1.165) is 10.2 Å². The molecule has 0 radical (unpaired) electrons. The number of hydrogen-bond acceptors (Lipinski definition) is 4. The highest BCUT2D eigenvalue weighted by molar-refractivity contribution is 9.10. The van der Waals surface area contributed by atoms with Gasteiger partial charge in [0.1, 0.15) is 17.5 Å². The molecule has 1 aromatic heterocycles. The Hall–Kier alpha value is -2.00. The van der Waals surface area contributed by atoms with Crippen molar-refractivity contribution in [3.8, 4) is 11.8 Å². The third-order valence-electron chi connectivity index (χ3n) is 2.51. The quantitative estimate of drug-likeness (QED) is 0.923. The Balaban J connectivity index is 2.59. The van der Waals surface area contributed by atoms with Gasteiger partial charge in [-0.3, -0.25) is 0 Å². The maximum absolute atomic E-state index is 9.14. The van der Waals surface area contributed by atoms with Crippen molar-refractivity contribution in [3.63, 3.8) is 0 Å². The van der Waals surface area contributed by atoms with Crippen molar-refractivity contribution in [3.05, 3.63) is 34.3 Å². The lowest BCUT2D eigenvalue weighted by Gasteiger charge is -2.07. The maximum Gasteiger partial charge on any atom is 0.170 e. The largest absolute Gasteiger partial charge is 0.382 e. The van der Waals surface area contributed by atoms with Gasteiger partial charge in [0.25, 0.3) is 0 Å². The average Bonchev–Trinajstić information content (AvgIpc) is 2.67. The van der Waals surface area contributed by atoms with Gasteiger partial charge in [-0.15, -0.1) is 5.10 Å². The van der Waals surface area contributed by atoms with Crippen molar-refractivity contribution >= 4 is 27.6 Å². The number of benzene rings is 1. The summed E-state index contributed by atoms with van der Waals surface area (Å²) in [7, 11) is 3.66. The van der Waals surface area contributed by atoms with E-state index in [1.807, 2.05) is 38.4 Å². The smallest absolute Gasteiger partial charge is 0.170 e. The van der Waals surface area contributed by atoms with Crippen LogP contribution in [0.15, 0.2) is 28.7 Å². The first-order valence-electron chi connectivity index (χ1n) is 5.26. The minimum atomic E-state index is 0.350. The summed E-state index contributed by atoms with van der Waals surface area (Å²) in [5.41, 5.74) is 7.17. The van der Waals surface area contributed by atoms with Gasteiger partial charge in [0.2, 0.25) is 0 Å². The zero-order valence-corrected chi connectivity index (χ0v) is 11.6. The fraction of sp³-hybridized carbons (Fsp3) is 0.167. The monoisotopic (exact) mass is 305 g/mol. The number of nitrogens with zero attached hydrogens (tertiary/aromatic N) is 4. The molecule has 2 rings (SSSR count). The van der Waals surface area contributed by atoms with Crippen LogP contribution in [0, 0.1) is 11.3 Å². The summed E-state index contributed by atoms with van der Waals surface area (Å²) >= 11 is 3.37. The van der Waals surface area contributed by atoms with E-state index in [1.165, 1.54) is 0 Å². The lowest BCUT2D eigenvalue weighted by molar-refractivity contribution is 0.874. The highest BCUT2D eigenvalue weighted by Gasteiger charge is 2.17. The first-order valence-corrected chi connectivity index (χ1v) is 6.05. The maximum atomic E-state index is 9.14. The number of rotatable bonds is 2. The molecule has 1 aromatic carbocycles. The highest BCUT2D eigenvalue weighted by atomic mass is 79.9. The van der Waals surface area contributed by atoms with E-state index in [0.29, 0.717) is 17.2 Å². The van der Waals surface area contributed by atoms with E-state index in [2.05, 4.69) is 27.1 Å². The second-order valence-electron chi connectivity index (χ2n) is 3.98. The van der Waals surface area contributed by atoms with Gasteiger partial charge in [0.15, 0.2) is 5.82 Å². The molecule has 0 atom stereocenters. The van der Waals surface area contributed by atoms with Gasteiger partial charge in [-0.25, -0.2) is 4.68 Å². The van der Waals surface area contributed by atoms with E-state index in [9.17, 15) is 0 Å². The summed E-state index contributed by atoms with van der Waals surface area (Å²) in [4.78, 5) is 1.77. The number of nitriles is 1. The molecule has 0 unspecified atom stereocenters. The van der Waals surface area contributed by atoms with E-state index in [-0.39, 0.29) is 0 Å². The minimum absolute atomic E-state index is 0.350. The van der Waals surface area contributed by atoms with E-state index >= 15 is 0 Å². The number of aromatic nitrogens is 2. The van der Waals surface area contributed by atoms with Crippen LogP contribution in [0.25, 0.3) is 5.69 Å². The number of nitrogen functional groups attached to an aromatic ring is 1. The Morgan fingerprint density at radius 2 is 1.94 bits per heavy atom. The fourth-order valence-corrected chi connectivity index (χ4v) is 1.88. The van der Waals surface area contributed by atoms with Crippen molar-refractivity contribution in [1.29, 1.82) is 5.26 Å². The van der Waals surface area contributed by atoms with Gasteiger partial charge in [-0.2, -0.15) is 5.26 Å². The van der Waals surface area contributed by atoms with Crippen molar-refractivity contribution in [1.82, 2.24) is 9.78 Å². The number of nitrogens with two attached hydrogens (primary N) is 1. The molecule has 6 heteroatoms. The third-order valence-corrected chi connectivity index (χ3v) is 3.04. The molecule has 0 aliphatic rings. The summed E-state index contributed by atoms with van der Waals surface area (Å²) in [6.45, 7) is 0. The molecule has 0 spiro atoms. The zero-order valence-electron chi connectivity index (χ0n) is 10.1. The molecule has 0 aliphatic carbocycles. The highest BCUT2D eigenvalue weighted by Crippen LogP contribution is 2.26. The van der Waals surface area contributed by atoms with Crippen LogP contribution in [-0.2, 0) is 0 Å². The Morgan fingerprint density at radius 3 is 2.39 bits per heavy atom. The van der Waals surface area contributed by atoms with E-state index in [1.54, 1.807) is 9.58 Å².